The van der Waals surface area contributed by atoms with Crippen molar-refractivity contribution >= 4 is 17.1 Å². The third-order valence-electron chi connectivity index (χ3n) is 2.82. The summed E-state index contributed by atoms with van der Waals surface area (Å²) in [7, 11) is -2.13. The van der Waals surface area contributed by atoms with Crippen molar-refractivity contribution in [2.45, 2.75) is 58.7 Å². The van der Waals surface area contributed by atoms with Gasteiger partial charge in [-0.3, -0.25) is 0 Å². The van der Waals surface area contributed by atoms with E-state index in [1.807, 2.05) is 0 Å². The summed E-state index contributed by atoms with van der Waals surface area (Å²) >= 11 is 0. The van der Waals surface area contributed by atoms with E-state index in [2.05, 4.69) is 53.5 Å². The van der Waals surface area contributed by atoms with Gasteiger partial charge >= 0.3 is 0 Å². The van der Waals surface area contributed by atoms with Crippen molar-refractivity contribution in [3.05, 3.63) is 0 Å². The fraction of sp³-hybridized carbons (Fsp3) is 1.00. The molecule has 0 aromatic rings. The van der Waals surface area contributed by atoms with Crippen LogP contribution in [-0.4, -0.2) is 22.3 Å². The number of hydrogen-bond donors (Lipinski definition) is 0. The maximum Gasteiger partial charge on any atom is 0.184 e. The number of rotatable bonds is 4. The zero-order valence-electron chi connectivity index (χ0n) is 10.6. The second kappa shape index (κ2) is 4.28. The summed E-state index contributed by atoms with van der Waals surface area (Å²) in [5.74, 6) is 0.644. The lowest BCUT2D eigenvalue weighted by Crippen LogP contribution is -2.52. The average Bonchev–Trinajstić information content (AvgIpc) is 1.82. The van der Waals surface area contributed by atoms with Crippen LogP contribution in [0, 0.1) is 5.92 Å². The minimum Gasteiger partial charge on any atom is -0.415 e. The highest BCUT2D eigenvalue weighted by molar-refractivity contribution is 6.71. The van der Waals surface area contributed by atoms with Gasteiger partial charge in [-0.05, 0) is 32.5 Å². The standard InChI is InChI=1S/C10H26OSi2/c1-9(2)10(3,12(4)5)11-13(6,7)8/h9,12H,1-8H3. The first-order chi connectivity index (χ1) is 5.59. The van der Waals surface area contributed by atoms with Crippen molar-refractivity contribution in [3.63, 3.8) is 0 Å². The van der Waals surface area contributed by atoms with Crippen LogP contribution < -0.4 is 0 Å². The molecule has 3 heteroatoms. The second-order valence-electron chi connectivity index (χ2n) is 5.71. The summed E-state index contributed by atoms with van der Waals surface area (Å²) in [4.78, 5) is 0. The molecule has 13 heavy (non-hydrogen) atoms. The fourth-order valence-electron chi connectivity index (χ4n) is 1.56. The third-order valence-corrected chi connectivity index (χ3v) is 7.18. The van der Waals surface area contributed by atoms with Gasteiger partial charge in [0.2, 0.25) is 0 Å². The number of hydrogen-bond acceptors (Lipinski definition) is 1. The molecule has 0 saturated carbocycles. The van der Waals surface area contributed by atoms with Gasteiger partial charge in [0.05, 0.1) is 8.80 Å². The van der Waals surface area contributed by atoms with Crippen molar-refractivity contribution in [1.82, 2.24) is 0 Å². The first-order valence-electron chi connectivity index (χ1n) is 5.29. The first kappa shape index (κ1) is 13.4. The Morgan fingerprint density at radius 2 is 1.54 bits per heavy atom. The van der Waals surface area contributed by atoms with Crippen LogP contribution >= 0.6 is 0 Å². The van der Waals surface area contributed by atoms with Crippen molar-refractivity contribution in [1.29, 1.82) is 0 Å². The highest BCUT2D eigenvalue weighted by Gasteiger charge is 2.37. The van der Waals surface area contributed by atoms with Crippen LogP contribution in [0.25, 0.3) is 0 Å². The van der Waals surface area contributed by atoms with Gasteiger partial charge in [0.15, 0.2) is 8.32 Å². The van der Waals surface area contributed by atoms with E-state index >= 15 is 0 Å². The molecule has 0 aliphatic heterocycles. The Labute approximate surface area is 86.6 Å². The highest BCUT2D eigenvalue weighted by Crippen LogP contribution is 2.28. The fourth-order valence-corrected chi connectivity index (χ4v) is 6.45. The normalized spacial score (nSPS) is 18.0. The van der Waals surface area contributed by atoms with E-state index in [-0.39, 0.29) is 5.22 Å². The van der Waals surface area contributed by atoms with Gasteiger partial charge in [0, 0.05) is 5.22 Å². The molecule has 1 nitrogen and oxygen atoms in total. The quantitative estimate of drug-likeness (QED) is 0.658. The highest BCUT2D eigenvalue weighted by atomic mass is 28.4. The van der Waals surface area contributed by atoms with E-state index in [9.17, 15) is 0 Å². The molecule has 0 aliphatic carbocycles. The van der Waals surface area contributed by atoms with E-state index in [1.165, 1.54) is 0 Å². The van der Waals surface area contributed by atoms with Crippen LogP contribution in [0.4, 0.5) is 0 Å². The summed E-state index contributed by atoms with van der Waals surface area (Å²) in [6, 6.07) is 0. The zero-order chi connectivity index (χ0) is 10.9. The minimum absolute atomic E-state index is 0.185. The Kier molecular flexibility index (Phi) is 4.41. The summed E-state index contributed by atoms with van der Waals surface area (Å²) in [6.45, 7) is 18.5. The molecule has 1 atom stereocenters. The van der Waals surface area contributed by atoms with E-state index < -0.39 is 17.1 Å². The molecule has 0 heterocycles. The van der Waals surface area contributed by atoms with Gasteiger partial charge in [-0.2, -0.15) is 0 Å². The molecule has 0 radical (unpaired) electrons. The summed E-state index contributed by atoms with van der Waals surface area (Å²) < 4.78 is 6.35. The molecule has 1 unspecified atom stereocenters. The molecule has 0 spiro atoms. The van der Waals surface area contributed by atoms with E-state index in [0.717, 1.165) is 0 Å². The van der Waals surface area contributed by atoms with Crippen LogP contribution in [0.5, 0.6) is 0 Å². The second-order valence-corrected chi connectivity index (χ2v) is 13.6. The Morgan fingerprint density at radius 1 is 1.15 bits per heavy atom. The summed E-state index contributed by atoms with van der Waals surface area (Å²) in [6.07, 6.45) is 0. The zero-order valence-corrected chi connectivity index (χ0v) is 12.7. The monoisotopic (exact) mass is 218 g/mol. The molecule has 0 amide bonds. The Bertz CT molecular complexity index is 151. The SMILES string of the molecule is CC(C)C(C)(O[Si](C)(C)C)[SiH](C)C. The van der Waals surface area contributed by atoms with Gasteiger partial charge in [-0.15, -0.1) is 0 Å². The topological polar surface area (TPSA) is 9.23 Å². The predicted octanol–water partition coefficient (Wildman–Crippen LogP) is 3.28. The van der Waals surface area contributed by atoms with Gasteiger partial charge in [0.1, 0.15) is 0 Å². The molecule has 0 aromatic heterocycles. The molecule has 0 N–H and O–H groups in total. The Hall–Kier alpha value is 0.394. The van der Waals surface area contributed by atoms with Gasteiger partial charge in [-0.1, -0.05) is 26.9 Å². The van der Waals surface area contributed by atoms with Crippen molar-refractivity contribution in [2.75, 3.05) is 0 Å². The summed E-state index contributed by atoms with van der Waals surface area (Å²) in [5.41, 5.74) is 0. The molecule has 0 aromatic carbocycles. The van der Waals surface area contributed by atoms with E-state index in [0.29, 0.717) is 5.92 Å². The predicted molar refractivity (Wildman–Crippen MR) is 66.6 cm³/mol. The van der Waals surface area contributed by atoms with E-state index in [1.54, 1.807) is 0 Å². The first-order valence-corrected chi connectivity index (χ1v) is 11.6. The minimum atomic E-state index is -1.38. The molecular formula is C10H26OSi2. The lowest BCUT2D eigenvalue weighted by atomic mass is 10.1. The van der Waals surface area contributed by atoms with Crippen LogP contribution in [-0.2, 0) is 4.43 Å². The Morgan fingerprint density at radius 3 is 1.62 bits per heavy atom. The average molecular weight is 218 g/mol. The van der Waals surface area contributed by atoms with Gasteiger partial charge < -0.3 is 4.43 Å². The smallest absolute Gasteiger partial charge is 0.184 e. The molecule has 80 valence electrons. The summed E-state index contributed by atoms with van der Waals surface area (Å²) in [5, 5.41) is 0.185. The van der Waals surface area contributed by atoms with Crippen molar-refractivity contribution in [3.8, 4) is 0 Å². The van der Waals surface area contributed by atoms with Crippen LogP contribution in [0.15, 0.2) is 0 Å². The Balaban J connectivity index is 4.62. The van der Waals surface area contributed by atoms with Gasteiger partial charge in [-0.25, -0.2) is 0 Å². The van der Waals surface area contributed by atoms with Gasteiger partial charge in [0.25, 0.3) is 0 Å². The molecule has 0 aliphatic rings. The third kappa shape index (κ3) is 3.96. The molecule has 0 saturated heterocycles. The maximum absolute atomic E-state index is 6.35. The van der Waals surface area contributed by atoms with Crippen molar-refractivity contribution < 1.29 is 4.43 Å². The molecule has 0 rings (SSSR count). The largest absolute Gasteiger partial charge is 0.415 e. The lowest BCUT2D eigenvalue weighted by Gasteiger charge is -2.42. The molecular weight excluding hydrogens is 192 g/mol. The van der Waals surface area contributed by atoms with E-state index in [4.69, 9.17) is 4.43 Å². The van der Waals surface area contributed by atoms with Crippen LogP contribution in [0.1, 0.15) is 20.8 Å². The molecule has 0 fully saturated rings. The molecule has 0 bridgehead atoms. The van der Waals surface area contributed by atoms with Crippen LogP contribution in [0.2, 0.25) is 32.7 Å². The maximum atomic E-state index is 6.35. The lowest BCUT2D eigenvalue weighted by molar-refractivity contribution is 0.110. The van der Waals surface area contributed by atoms with Crippen LogP contribution in [0.3, 0.4) is 0 Å². The van der Waals surface area contributed by atoms with Crippen molar-refractivity contribution in [2.24, 2.45) is 5.92 Å².